The normalized spacial score (nSPS) is 9.00. The van der Waals surface area contributed by atoms with Crippen LogP contribution in [0.3, 0.4) is 0 Å². The Labute approximate surface area is 51.0 Å². The second-order valence-electron chi connectivity index (χ2n) is 1.71. The van der Waals surface area contributed by atoms with Gasteiger partial charge in [0, 0.05) is 0 Å². The molecule has 0 radical (unpaired) electrons. The summed E-state index contributed by atoms with van der Waals surface area (Å²) in [5, 5.41) is 0. The molecule has 0 aromatic rings. The standard InChI is InChI=1S/C5H11.Al.O/c1-3-5-4-2;;/h5H,3-4H2,1-2H3;;. The van der Waals surface area contributed by atoms with Gasteiger partial charge in [-0.05, 0) is 0 Å². The fraction of sp³-hybridized carbons (Fsp3) is 1.00. The molecule has 0 amide bonds. The maximum absolute atomic E-state index is 10.2. The molecule has 0 rings (SSSR count). The van der Waals surface area contributed by atoms with E-state index in [9.17, 15) is 3.80 Å². The van der Waals surface area contributed by atoms with Crippen LogP contribution in [0.2, 0.25) is 4.78 Å². The van der Waals surface area contributed by atoms with Crippen molar-refractivity contribution in [1.29, 1.82) is 0 Å². The molecule has 0 unspecified atom stereocenters. The van der Waals surface area contributed by atoms with Crippen LogP contribution in [-0.4, -0.2) is 15.2 Å². The summed E-state index contributed by atoms with van der Waals surface area (Å²) in [7, 11) is 0. The molecule has 0 spiro atoms. The van der Waals surface area contributed by atoms with Gasteiger partial charge >= 0.3 is 50.4 Å². The quantitative estimate of drug-likeness (QED) is 0.510. The molecule has 0 saturated heterocycles. The predicted octanol–water partition coefficient (Wildman–Crippen LogP) is 1.64. The number of hydrogen-bond donors (Lipinski definition) is 0. The molecule has 7 heavy (non-hydrogen) atoms. The van der Waals surface area contributed by atoms with Crippen LogP contribution in [0.5, 0.6) is 0 Å². The Kier molecular flexibility index (Phi) is 4.70. The molecule has 0 heterocycles. The Bertz CT molecular complexity index is 50.0. The molecule has 40 valence electrons. The van der Waals surface area contributed by atoms with E-state index in [-0.39, 0.29) is 0 Å². The molecule has 0 atom stereocenters. The maximum atomic E-state index is 10.2. The van der Waals surface area contributed by atoms with Crippen LogP contribution in [0, 0.1) is 0 Å². The SMILES string of the molecule is CC[CH](CC)[Al]=[O]. The van der Waals surface area contributed by atoms with Crippen molar-refractivity contribution in [1.82, 2.24) is 0 Å². The van der Waals surface area contributed by atoms with Crippen molar-refractivity contribution in [2.75, 3.05) is 0 Å². The zero-order valence-corrected chi connectivity index (χ0v) is 6.13. The van der Waals surface area contributed by atoms with Gasteiger partial charge in [-0.2, -0.15) is 0 Å². The molecule has 2 heteroatoms. The summed E-state index contributed by atoms with van der Waals surface area (Å²) >= 11 is -0.512. The van der Waals surface area contributed by atoms with E-state index in [2.05, 4.69) is 13.8 Å². The van der Waals surface area contributed by atoms with Gasteiger partial charge in [0.2, 0.25) is 0 Å². The van der Waals surface area contributed by atoms with Gasteiger partial charge in [0.25, 0.3) is 0 Å². The Morgan fingerprint density at radius 1 is 1.43 bits per heavy atom. The van der Waals surface area contributed by atoms with Gasteiger partial charge in [0.15, 0.2) is 0 Å². The first kappa shape index (κ1) is 7.33. The average molecular weight is 114 g/mol. The first-order valence-corrected chi connectivity index (χ1v) is 3.94. The van der Waals surface area contributed by atoms with Gasteiger partial charge in [-0.25, -0.2) is 0 Å². The summed E-state index contributed by atoms with van der Waals surface area (Å²) in [6.07, 6.45) is 2.16. The van der Waals surface area contributed by atoms with Gasteiger partial charge < -0.3 is 0 Å². The molecule has 0 aromatic carbocycles. The van der Waals surface area contributed by atoms with Gasteiger partial charge in [0.05, 0.1) is 0 Å². The second kappa shape index (κ2) is 4.49. The molecular formula is C5H11AlO. The zero-order chi connectivity index (χ0) is 5.70. The zero-order valence-electron chi connectivity index (χ0n) is 4.98. The molecule has 0 aliphatic rings. The van der Waals surface area contributed by atoms with Gasteiger partial charge in [-0.3, -0.25) is 0 Å². The van der Waals surface area contributed by atoms with E-state index < -0.39 is 15.2 Å². The summed E-state index contributed by atoms with van der Waals surface area (Å²) in [6, 6.07) is 0. The first-order valence-electron chi connectivity index (χ1n) is 2.80. The Morgan fingerprint density at radius 3 is 1.86 bits per heavy atom. The molecule has 0 fully saturated rings. The van der Waals surface area contributed by atoms with Crippen LogP contribution in [0.4, 0.5) is 0 Å². The molecule has 0 aromatic heterocycles. The van der Waals surface area contributed by atoms with E-state index in [0.717, 1.165) is 12.8 Å². The topological polar surface area (TPSA) is 17.1 Å². The van der Waals surface area contributed by atoms with Crippen LogP contribution in [0.1, 0.15) is 26.7 Å². The molecule has 1 nitrogen and oxygen atoms in total. The Balaban J connectivity index is 3.16. The van der Waals surface area contributed by atoms with Gasteiger partial charge in [-0.1, -0.05) is 0 Å². The van der Waals surface area contributed by atoms with Crippen molar-refractivity contribution >= 4 is 15.2 Å². The molecular weight excluding hydrogens is 103 g/mol. The fourth-order valence-electron chi connectivity index (χ4n) is 0.481. The van der Waals surface area contributed by atoms with Crippen molar-refractivity contribution in [2.24, 2.45) is 0 Å². The Morgan fingerprint density at radius 2 is 1.86 bits per heavy atom. The van der Waals surface area contributed by atoms with Crippen LogP contribution >= 0.6 is 0 Å². The summed E-state index contributed by atoms with van der Waals surface area (Å²) in [4.78, 5) is 0. The van der Waals surface area contributed by atoms with Crippen LogP contribution in [0.25, 0.3) is 0 Å². The van der Waals surface area contributed by atoms with Crippen LogP contribution in [0.15, 0.2) is 0 Å². The van der Waals surface area contributed by atoms with Crippen molar-refractivity contribution in [3.8, 4) is 0 Å². The molecule has 0 aliphatic heterocycles. The van der Waals surface area contributed by atoms with Crippen molar-refractivity contribution in [3.05, 3.63) is 0 Å². The predicted molar refractivity (Wildman–Crippen MR) is 30.8 cm³/mol. The van der Waals surface area contributed by atoms with E-state index in [1.54, 1.807) is 0 Å². The fourth-order valence-corrected chi connectivity index (χ4v) is 0.866. The summed E-state index contributed by atoms with van der Waals surface area (Å²) < 4.78 is 10.7. The number of hydrogen-bond acceptors (Lipinski definition) is 1. The van der Waals surface area contributed by atoms with Crippen molar-refractivity contribution in [2.45, 2.75) is 31.5 Å². The summed E-state index contributed by atoms with van der Waals surface area (Å²) in [6.45, 7) is 4.16. The van der Waals surface area contributed by atoms with Crippen LogP contribution < -0.4 is 0 Å². The van der Waals surface area contributed by atoms with E-state index in [1.165, 1.54) is 0 Å². The summed E-state index contributed by atoms with van der Waals surface area (Å²) in [5.74, 6) is 0. The third-order valence-electron chi connectivity index (χ3n) is 1.24. The van der Waals surface area contributed by atoms with Gasteiger partial charge in [0.1, 0.15) is 0 Å². The Hall–Kier alpha value is 0.332. The van der Waals surface area contributed by atoms with E-state index in [4.69, 9.17) is 0 Å². The van der Waals surface area contributed by atoms with Crippen molar-refractivity contribution < 1.29 is 3.80 Å². The van der Waals surface area contributed by atoms with E-state index >= 15 is 0 Å². The first-order chi connectivity index (χ1) is 3.35. The third-order valence-corrected chi connectivity index (χ3v) is 2.57. The van der Waals surface area contributed by atoms with E-state index in [1.807, 2.05) is 0 Å². The molecule has 0 bridgehead atoms. The number of rotatable bonds is 3. The van der Waals surface area contributed by atoms with Crippen molar-refractivity contribution in [3.63, 3.8) is 0 Å². The van der Waals surface area contributed by atoms with Crippen LogP contribution in [-0.2, 0) is 3.80 Å². The molecule has 0 saturated carbocycles. The third kappa shape index (κ3) is 2.96. The second-order valence-corrected chi connectivity index (χ2v) is 2.93. The van der Waals surface area contributed by atoms with Gasteiger partial charge in [-0.15, -0.1) is 0 Å². The molecule has 0 N–H and O–H groups in total. The monoisotopic (exact) mass is 114 g/mol. The summed E-state index contributed by atoms with van der Waals surface area (Å²) in [5.41, 5.74) is 0. The minimum absolute atomic E-state index is 0.512. The minimum atomic E-state index is -0.512. The van der Waals surface area contributed by atoms with E-state index in [0.29, 0.717) is 4.78 Å². The molecule has 0 aliphatic carbocycles. The average Bonchev–Trinajstić information content (AvgIpc) is 1.72.